The fourth-order valence-electron chi connectivity index (χ4n) is 3.22. The maximum absolute atomic E-state index is 12.0. The van der Waals surface area contributed by atoms with Crippen LogP contribution in [0.4, 0.5) is 4.79 Å². The van der Waals surface area contributed by atoms with Gasteiger partial charge in [0, 0.05) is 25.7 Å². The Morgan fingerprint density at radius 2 is 1.91 bits per heavy atom. The number of alkyl carbamates (subject to hydrolysis) is 1. The lowest BCUT2D eigenvalue weighted by molar-refractivity contribution is 0.0432. The van der Waals surface area contributed by atoms with Gasteiger partial charge in [-0.3, -0.25) is 0 Å². The van der Waals surface area contributed by atoms with Gasteiger partial charge >= 0.3 is 6.09 Å². The fraction of sp³-hybridized carbons (Fsp3) is 0.941. The van der Waals surface area contributed by atoms with Gasteiger partial charge in [-0.15, -0.1) is 0 Å². The van der Waals surface area contributed by atoms with E-state index in [0.717, 1.165) is 19.3 Å². The number of rotatable bonds is 6. The van der Waals surface area contributed by atoms with Gasteiger partial charge in [-0.05, 0) is 45.4 Å². The molecule has 1 rings (SSSR count). The van der Waals surface area contributed by atoms with E-state index >= 15 is 0 Å². The minimum atomic E-state index is -0.512. The van der Waals surface area contributed by atoms with Crippen molar-refractivity contribution in [2.75, 3.05) is 20.3 Å². The Hall–Kier alpha value is -0.850. The van der Waals surface area contributed by atoms with Crippen molar-refractivity contribution >= 4 is 6.09 Å². The highest BCUT2D eigenvalue weighted by Gasteiger charge is 2.35. The molecule has 1 aliphatic carbocycles. The van der Waals surface area contributed by atoms with Crippen LogP contribution in [-0.4, -0.2) is 55.2 Å². The van der Waals surface area contributed by atoms with Crippen LogP contribution in [0.3, 0.4) is 0 Å². The first-order chi connectivity index (χ1) is 10.5. The number of hydrogen-bond donors (Lipinski definition) is 3. The van der Waals surface area contributed by atoms with Crippen LogP contribution in [0.2, 0.25) is 0 Å². The molecule has 1 amide bonds. The molecular weight excluding hydrogens is 296 g/mol. The van der Waals surface area contributed by atoms with E-state index in [1.807, 2.05) is 20.8 Å². The largest absolute Gasteiger partial charge is 0.444 e. The monoisotopic (exact) mass is 330 g/mol. The SMILES string of the molecule is COCC(O)CNC1CC(NC(=O)OC(C)(C)C)CC(C)(C)C1. The van der Waals surface area contributed by atoms with Gasteiger partial charge in [0.2, 0.25) is 0 Å². The van der Waals surface area contributed by atoms with E-state index in [2.05, 4.69) is 24.5 Å². The Morgan fingerprint density at radius 1 is 1.30 bits per heavy atom. The molecule has 0 saturated heterocycles. The van der Waals surface area contributed by atoms with Gasteiger partial charge in [0.1, 0.15) is 5.60 Å². The summed E-state index contributed by atoms with van der Waals surface area (Å²) >= 11 is 0. The lowest BCUT2D eigenvalue weighted by Crippen LogP contribution is -2.51. The van der Waals surface area contributed by atoms with Crippen molar-refractivity contribution in [1.29, 1.82) is 0 Å². The Morgan fingerprint density at radius 3 is 2.48 bits per heavy atom. The van der Waals surface area contributed by atoms with E-state index in [-0.39, 0.29) is 23.6 Å². The average Bonchev–Trinajstić information content (AvgIpc) is 2.32. The summed E-state index contributed by atoms with van der Waals surface area (Å²) in [5.41, 5.74) is -0.363. The first-order valence-corrected chi connectivity index (χ1v) is 8.40. The molecule has 6 heteroatoms. The topological polar surface area (TPSA) is 79.8 Å². The van der Waals surface area contributed by atoms with Crippen molar-refractivity contribution in [2.24, 2.45) is 5.41 Å². The number of amides is 1. The molecule has 1 saturated carbocycles. The summed E-state index contributed by atoms with van der Waals surface area (Å²) in [7, 11) is 1.58. The summed E-state index contributed by atoms with van der Waals surface area (Å²) < 4.78 is 10.3. The molecule has 3 N–H and O–H groups in total. The standard InChI is InChI=1S/C17H34N2O4/c1-16(2,3)23-15(21)19-13-7-12(8-17(4,5)9-13)18-10-14(20)11-22-6/h12-14,18,20H,7-11H2,1-6H3,(H,19,21). The summed E-state index contributed by atoms with van der Waals surface area (Å²) in [5.74, 6) is 0. The molecule has 0 spiro atoms. The van der Waals surface area contributed by atoms with Crippen molar-refractivity contribution < 1.29 is 19.4 Å². The van der Waals surface area contributed by atoms with Crippen molar-refractivity contribution in [3.05, 3.63) is 0 Å². The van der Waals surface area contributed by atoms with Crippen LogP contribution < -0.4 is 10.6 Å². The third-order valence-electron chi connectivity index (χ3n) is 3.89. The zero-order valence-corrected chi connectivity index (χ0v) is 15.4. The second-order valence-corrected chi connectivity index (χ2v) is 8.37. The van der Waals surface area contributed by atoms with Gasteiger partial charge in [-0.25, -0.2) is 4.79 Å². The smallest absolute Gasteiger partial charge is 0.407 e. The van der Waals surface area contributed by atoms with Crippen LogP contribution in [0.15, 0.2) is 0 Å². The van der Waals surface area contributed by atoms with Gasteiger partial charge in [0.05, 0.1) is 12.7 Å². The number of carbonyl (C=O) groups is 1. The first-order valence-electron chi connectivity index (χ1n) is 8.40. The maximum Gasteiger partial charge on any atom is 0.407 e. The minimum absolute atomic E-state index is 0.0747. The predicted octanol–water partition coefficient (Wildman–Crippen LogP) is 2.06. The molecule has 136 valence electrons. The summed E-state index contributed by atoms with van der Waals surface area (Å²) in [4.78, 5) is 12.0. The summed E-state index contributed by atoms with van der Waals surface area (Å²) in [6.07, 6.45) is 1.90. The molecule has 3 atom stereocenters. The van der Waals surface area contributed by atoms with Crippen LogP contribution in [-0.2, 0) is 9.47 Å². The predicted molar refractivity (Wildman–Crippen MR) is 90.5 cm³/mol. The van der Waals surface area contributed by atoms with Crippen LogP contribution in [0.1, 0.15) is 53.9 Å². The van der Waals surface area contributed by atoms with E-state index in [4.69, 9.17) is 9.47 Å². The molecule has 0 bridgehead atoms. The van der Waals surface area contributed by atoms with Crippen LogP contribution in [0.25, 0.3) is 0 Å². The van der Waals surface area contributed by atoms with Crippen LogP contribution in [0, 0.1) is 5.41 Å². The molecule has 6 nitrogen and oxygen atoms in total. The van der Waals surface area contributed by atoms with Gasteiger partial charge in [0.15, 0.2) is 0 Å². The Balaban J connectivity index is 2.52. The molecule has 0 aromatic rings. The van der Waals surface area contributed by atoms with Crippen LogP contribution >= 0.6 is 0 Å². The number of carbonyl (C=O) groups excluding carboxylic acids is 1. The van der Waals surface area contributed by atoms with Crippen molar-refractivity contribution in [1.82, 2.24) is 10.6 Å². The third-order valence-corrected chi connectivity index (χ3v) is 3.89. The van der Waals surface area contributed by atoms with E-state index in [1.54, 1.807) is 7.11 Å². The molecule has 0 heterocycles. The average molecular weight is 330 g/mol. The fourth-order valence-corrected chi connectivity index (χ4v) is 3.22. The number of nitrogens with one attached hydrogen (secondary N) is 2. The Bertz CT molecular complexity index is 379. The van der Waals surface area contributed by atoms with E-state index in [0.29, 0.717) is 13.2 Å². The van der Waals surface area contributed by atoms with E-state index in [1.165, 1.54) is 0 Å². The Labute approximate surface area is 140 Å². The van der Waals surface area contributed by atoms with Gasteiger partial charge in [-0.2, -0.15) is 0 Å². The molecule has 23 heavy (non-hydrogen) atoms. The molecule has 0 aliphatic heterocycles. The number of ether oxygens (including phenoxy) is 2. The van der Waals surface area contributed by atoms with Gasteiger partial charge < -0.3 is 25.2 Å². The molecule has 0 aromatic carbocycles. The minimum Gasteiger partial charge on any atom is -0.444 e. The second kappa shape index (κ2) is 8.31. The normalized spacial score (nSPS) is 25.7. The summed E-state index contributed by atoms with van der Waals surface area (Å²) in [5, 5.41) is 16.1. The lowest BCUT2D eigenvalue weighted by atomic mass is 9.72. The third kappa shape index (κ3) is 8.53. The summed E-state index contributed by atoms with van der Waals surface area (Å²) in [6.45, 7) is 10.8. The number of methoxy groups -OCH3 is 1. The highest BCUT2D eigenvalue weighted by atomic mass is 16.6. The number of aliphatic hydroxyl groups is 1. The molecule has 0 radical (unpaired) electrons. The van der Waals surface area contributed by atoms with Crippen LogP contribution in [0.5, 0.6) is 0 Å². The van der Waals surface area contributed by atoms with Crippen molar-refractivity contribution in [3.8, 4) is 0 Å². The highest BCUT2D eigenvalue weighted by Crippen LogP contribution is 2.35. The second-order valence-electron chi connectivity index (χ2n) is 8.37. The number of hydrogen-bond acceptors (Lipinski definition) is 5. The zero-order chi connectivity index (χ0) is 17.7. The van der Waals surface area contributed by atoms with Crippen molar-refractivity contribution in [2.45, 2.75) is 77.7 Å². The zero-order valence-electron chi connectivity index (χ0n) is 15.4. The van der Waals surface area contributed by atoms with Gasteiger partial charge in [-0.1, -0.05) is 13.8 Å². The molecular formula is C17H34N2O4. The number of aliphatic hydroxyl groups excluding tert-OH is 1. The highest BCUT2D eigenvalue weighted by molar-refractivity contribution is 5.68. The first kappa shape index (κ1) is 20.2. The quantitative estimate of drug-likeness (QED) is 0.695. The molecule has 0 aromatic heterocycles. The van der Waals surface area contributed by atoms with Gasteiger partial charge in [0.25, 0.3) is 0 Å². The summed E-state index contributed by atoms with van der Waals surface area (Å²) in [6, 6.07) is 0.330. The van der Waals surface area contributed by atoms with E-state index < -0.39 is 11.7 Å². The van der Waals surface area contributed by atoms with E-state index in [9.17, 15) is 9.90 Å². The Kier molecular flexibility index (Phi) is 7.29. The molecule has 1 aliphatic rings. The lowest BCUT2D eigenvalue weighted by Gasteiger charge is -2.41. The molecule has 1 fully saturated rings. The maximum atomic E-state index is 12.0. The molecule has 3 unspecified atom stereocenters. The van der Waals surface area contributed by atoms with Crippen molar-refractivity contribution in [3.63, 3.8) is 0 Å².